The number of H-pyrrole nitrogens is 1. The number of aromatic nitrogens is 1. The summed E-state index contributed by atoms with van der Waals surface area (Å²) in [6.45, 7) is 3.37. The zero-order chi connectivity index (χ0) is 28.2. The molecule has 1 aromatic heterocycles. The van der Waals surface area contributed by atoms with Gasteiger partial charge in [0.05, 0.1) is 12.6 Å². The predicted molar refractivity (Wildman–Crippen MR) is 143 cm³/mol. The molecule has 3 amide bonds. The Hall–Kier alpha value is -3.48. The van der Waals surface area contributed by atoms with Crippen LogP contribution in [0.4, 0.5) is 0 Å². The molecule has 38 heavy (non-hydrogen) atoms. The highest BCUT2D eigenvalue weighted by atomic mass is 16.4. The van der Waals surface area contributed by atoms with Gasteiger partial charge in [-0.05, 0) is 56.2 Å². The molecule has 2 rings (SSSR count). The second-order valence-electron chi connectivity index (χ2n) is 9.79. The van der Waals surface area contributed by atoms with Crippen molar-refractivity contribution in [1.29, 1.82) is 0 Å². The van der Waals surface area contributed by atoms with Gasteiger partial charge in [0.2, 0.25) is 17.7 Å². The fraction of sp³-hybridized carbons (Fsp3) is 0.538. The number of carbonyl (C=O) groups excluding carboxylic acids is 3. The molecule has 4 unspecified atom stereocenters. The van der Waals surface area contributed by atoms with Crippen LogP contribution in [0.5, 0.6) is 0 Å². The van der Waals surface area contributed by atoms with Crippen molar-refractivity contribution < 1.29 is 29.4 Å². The Morgan fingerprint density at radius 3 is 2.21 bits per heavy atom. The van der Waals surface area contributed by atoms with Crippen molar-refractivity contribution in [3.8, 4) is 0 Å². The third-order valence-corrected chi connectivity index (χ3v) is 6.17. The van der Waals surface area contributed by atoms with Crippen LogP contribution in [-0.2, 0) is 25.6 Å². The minimum absolute atomic E-state index is 0.0104. The highest BCUT2D eigenvalue weighted by Gasteiger charge is 2.30. The number of nitrogens with one attached hydrogen (secondary N) is 4. The Labute approximate surface area is 221 Å². The van der Waals surface area contributed by atoms with Crippen molar-refractivity contribution in [2.24, 2.45) is 17.4 Å². The standard InChI is InChI=1S/C26H40N6O6/c1-15(2)11-21(31-23(34)18(28)12-16-13-29-19-8-4-3-7-17(16)19)24(35)32-22(14-33)25(36)30-20(26(37)38)9-5-6-10-27/h3-4,7-8,13,15,18,20-22,29,33H,5-6,9-12,14,27-28H2,1-2H3,(H,30,36)(H,31,34)(H,32,35)(H,37,38). The highest BCUT2D eigenvalue weighted by molar-refractivity contribution is 5.94. The topological polar surface area (TPSA) is 213 Å². The number of rotatable bonds is 16. The first kappa shape index (κ1) is 30.7. The van der Waals surface area contributed by atoms with Gasteiger partial charge in [-0.3, -0.25) is 14.4 Å². The predicted octanol–water partition coefficient (Wildman–Crippen LogP) is -0.256. The summed E-state index contributed by atoms with van der Waals surface area (Å²) in [6.07, 6.45) is 3.54. The van der Waals surface area contributed by atoms with E-state index in [0.29, 0.717) is 19.4 Å². The normalized spacial score (nSPS) is 14.5. The second kappa shape index (κ2) is 15.1. The van der Waals surface area contributed by atoms with Crippen molar-refractivity contribution >= 4 is 34.6 Å². The summed E-state index contributed by atoms with van der Waals surface area (Å²) in [7, 11) is 0. The Balaban J connectivity index is 2.03. The summed E-state index contributed by atoms with van der Waals surface area (Å²) in [4.78, 5) is 53.2. The molecule has 0 saturated carbocycles. The van der Waals surface area contributed by atoms with Crippen LogP contribution in [0.3, 0.4) is 0 Å². The lowest BCUT2D eigenvalue weighted by atomic mass is 10.0. The lowest BCUT2D eigenvalue weighted by Crippen LogP contribution is -2.58. The number of unbranched alkanes of at least 4 members (excludes halogenated alkanes) is 1. The maximum atomic E-state index is 13.0. The molecule has 0 saturated heterocycles. The molecule has 0 aliphatic rings. The SMILES string of the molecule is CC(C)CC(NC(=O)C(N)Cc1c[nH]c2ccccc12)C(=O)NC(CO)C(=O)NC(CCCCN)C(=O)O. The van der Waals surface area contributed by atoms with Crippen molar-refractivity contribution in [1.82, 2.24) is 20.9 Å². The van der Waals surface area contributed by atoms with Crippen LogP contribution in [0, 0.1) is 5.92 Å². The number of hydrogen-bond donors (Lipinski definition) is 8. The number of aliphatic hydroxyl groups excluding tert-OH is 1. The molecule has 2 aromatic rings. The molecule has 0 spiro atoms. The zero-order valence-electron chi connectivity index (χ0n) is 21.9. The smallest absolute Gasteiger partial charge is 0.326 e. The third kappa shape index (κ3) is 9.12. The summed E-state index contributed by atoms with van der Waals surface area (Å²) < 4.78 is 0. The van der Waals surface area contributed by atoms with Crippen molar-refractivity contribution in [3.05, 3.63) is 36.0 Å². The second-order valence-corrected chi connectivity index (χ2v) is 9.79. The van der Waals surface area contributed by atoms with Gasteiger partial charge in [0.15, 0.2) is 0 Å². The van der Waals surface area contributed by atoms with E-state index in [0.717, 1.165) is 16.5 Å². The van der Waals surface area contributed by atoms with Crippen LogP contribution in [0.2, 0.25) is 0 Å². The first-order valence-electron chi connectivity index (χ1n) is 12.8. The summed E-state index contributed by atoms with van der Waals surface area (Å²) in [6, 6.07) is 3.10. The van der Waals surface area contributed by atoms with Crippen LogP contribution in [0.1, 0.15) is 45.1 Å². The first-order chi connectivity index (χ1) is 18.1. The summed E-state index contributed by atoms with van der Waals surface area (Å²) in [5, 5.41) is 27.5. The molecule has 10 N–H and O–H groups in total. The van der Waals surface area contributed by atoms with Crippen LogP contribution in [0.25, 0.3) is 10.9 Å². The van der Waals surface area contributed by atoms with Crippen molar-refractivity contribution in [2.75, 3.05) is 13.2 Å². The molecule has 4 atom stereocenters. The van der Waals surface area contributed by atoms with Crippen LogP contribution >= 0.6 is 0 Å². The van der Waals surface area contributed by atoms with Gasteiger partial charge in [-0.2, -0.15) is 0 Å². The number of hydrogen-bond acceptors (Lipinski definition) is 7. The van der Waals surface area contributed by atoms with Gasteiger partial charge in [-0.1, -0.05) is 32.0 Å². The quantitative estimate of drug-likeness (QED) is 0.135. The summed E-state index contributed by atoms with van der Waals surface area (Å²) in [5.41, 5.74) is 13.4. The number of carbonyl (C=O) groups is 4. The molecule has 12 heteroatoms. The maximum absolute atomic E-state index is 13.0. The number of aliphatic hydroxyl groups is 1. The number of benzene rings is 1. The third-order valence-electron chi connectivity index (χ3n) is 6.17. The molecule has 0 radical (unpaired) electrons. The zero-order valence-corrected chi connectivity index (χ0v) is 21.9. The highest BCUT2D eigenvalue weighted by Crippen LogP contribution is 2.19. The number of aliphatic carboxylic acids is 1. The fourth-order valence-electron chi connectivity index (χ4n) is 4.10. The number of para-hydroxylation sites is 1. The van der Waals surface area contributed by atoms with Gasteiger partial charge in [0.25, 0.3) is 0 Å². The molecule has 0 aliphatic carbocycles. The van der Waals surface area contributed by atoms with Gasteiger partial charge in [0, 0.05) is 17.1 Å². The molecule has 1 aromatic carbocycles. The molecule has 0 aliphatic heterocycles. The Morgan fingerprint density at radius 1 is 0.947 bits per heavy atom. The van der Waals surface area contributed by atoms with E-state index in [1.165, 1.54) is 0 Å². The number of nitrogens with two attached hydrogens (primary N) is 2. The molecule has 0 fully saturated rings. The largest absolute Gasteiger partial charge is 0.480 e. The number of aromatic amines is 1. The average Bonchev–Trinajstić information content (AvgIpc) is 3.28. The molecular formula is C26H40N6O6. The van der Waals surface area contributed by atoms with E-state index in [9.17, 15) is 29.4 Å². The molecule has 1 heterocycles. The Morgan fingerprint density at radius 2 is 1.58 bits per heavy atom. The van der Waals surface area contributed by atoms with Gasteiger partial charge in [-0.15, -0.1) is 0 Å². The van der Waals surface area contributed by atoms with Gasteiger partial charge < -0.3 is 42.6 Å². The molecule has 12 nitrogen and oxygen atoms in total. The summed E-state index contributed by atoms with van der Waals surface area (Å²) in [5.74, 6) is -3.28. The number of fused-ring (bicyclic) bond motifs is 1. The molecule has 210 valence electrons. The number of carboxylic acid groups (broad SMARTS) is 1. The van der Waals surface area contributed by atoms with Crippen LogP contribution in [0.15, 0.2) is 30.5 Å². The van der Waals surface area contributed by atoms with E-state index in [4.69, 9.17) is 11.5 Å². The fourth-order valence-corrected chi connectivity index (χ4v) is 4.10. The van der Waals surface area contributed by atoms with E-state index in [2.05, 4.69) is 20.9 Å². The summed E-state index contributed by atoms with van der Waals surface area (Å²) >= 11 is 0. The minimum atomic E-state index is -1.40. The van der Waals surface area contributed by atoms with Crippen LogP contribution in [-0.4, -0.2) is 76.2 Å². The molecular weight excluding hydrogens is 492 g/mol. The maximum Gasteiger partial charge on any atom is 0.326 e. The van der Waals surface area contributed by atoms with Gasteiger partial charge in [-0.25, -0.2) is 4.79 Å². The lowest BCUT2D eigenvalue weighted by Gasteiger charge is -2.25. The first-order valence-corrected chi connectivity index (χ1v) is 12.8. The Bertz CT molecular complexity index is 1090. The van der Waals surface area contributed by atoms with E-state index in [1.807, 2.05) is 38.1 Å². The van der Waals surface area contributed by atoms with Gasteiger partial charge in [0.1, 0.15) is 18.1 Å². The number of carboxylic acids is 1. The monoisotopic (exact) mass is 532 g/mol. The van der Waals surface area contributed by atoms with Crippen LogP contribution < -0.4 is 27.4 Å². The van der Waals surface area contributed by atoms with E-state index in [1.54, 1.807) is 6.20 Å². The van der Waals surface area contributed by atoms with Gasteiger partial charge >= 0.3 is 5.97 Å². The van der Waals surface area contributed by atoms with Crippen molar-refractivity contribution in [3.63, 3.8) is 0 Å². The lowest BCUT2D eigenvalue weighted by molar-refractivity contribution is -0.142. The Kier molecular flexibility index (Phi) is 12.2. The van der Waals surface area contributed by atoms with E-state index < -0.39 is 54.5 Å². The minimum Gasteiger partial charge on any atom is -0.480 e. The van der Waals surface area contributed by atoms with E-state index >= 15 is 0 Å². The van der Waals surface area contributed by atoms with E-state index in [-0.39, 0.29) is 25.2 Å². The average molecular weight is 533 g/mol. The van der Waals surface area contributed by atoms with Crippen molar-refractivity contribution in [2.45, 2.75) is 70.1 Å². The molecule has 0 bridgehead atoms. The number of amides is 3.